The summed E-state index contributed by atoms with van der Waals surface area (Å²) in [6.07, 6.45) is 0.902. The van der Waals surface area contributed by atoms with Crippen LogP contribution in [0.15, 0.2) is 36.4 Å². The van der Waals surface area contributed by atoms with Crippen molar-refractivity contribution in [2.45, 2.75) is 26.2 Å². The number of carbonyl (C=O) groups is 1. The van der Waals surface area contributed by atoms with Crippen LogP contribution in [0.2, 0.25) is 5.02 Å². The van der Waals surface area contributed by atoms with Crippen LogP contribution >= 0.6 is 11.6 Å². The van der Waals surface area contributed by atoms with Crippen molar-refractivity contribution in [2.24, 2.45) is 0 Å². The number of hydrogen-bond acceptors (Lipinski definition) is 2. The van der Waals surface area contributed by atoms with Crippen LogP contribution < -0.4 is 4.74 Å². The molecule has 0 atom stereocenters. The number of aromatic nitrogens is 1. The fourth-order valence-corrected chi connectivity index (χ4v) is 3.11. The summed E-state index contributed by atoms with van der Waals surface area (Å²) in [5, 5.41) is 1.44. The highest BCUT2D eigenvalue weighted by molar-refractivity contribution is 6.32. The molecule has 124 valence electrons. The fourth-order valence-electron chi connectivity index (χ4n) is 2.85. The highest BCUT2D eigenvalue weighted by Gasteiger charge is 2.18. The first-order valence-electron chi connectivity index (χ1n) is 7.80. The third-order valence-electron chi connectivity index (χ3n) is 4.26. The van der Waals surface area contributed by atoms with E-state index in [9.17, 15) is 4.79 Å². The predicted molar refractivity (Wildman–Crippen MR) is 99.4 cm³/mol. The van der Waals surface area contributed by atoms with E-state index in [1.165, 1.54) is 5.56 Å². The van der Waals surface area contributed by atoms with Crippen molar-refractivity contribution in [1.82, 2.24) is 4.98 Å². The molecule has 0 unspecified atom stereocenters. The maximum absolute atomic E-state index is 11.8. The number of carbonyl (C=O) groups excluding carboxylic acids is 1. The molecule has 0 aliphatic rings. The second-order valence-corrected chi connectivity index (χ2v) is 7.30. The van der Waals surface area contributed by atoms with Gasteiger partial charge in [-0.25, -0.2) is 0 Å². The average Bonchev–Trinajstić information content (AvgIpc) is 2.91. The van der Waals surface area contributed by atoms with Gasteiger partial charge in [0, 0.05) is 22.0 Å². The standard InChI is InChI=1S/C20H20ClNO2/c1-20(2,3)13-6-7-17-14(10-13)15(11-23)19(22-17)12-5-8-18(24-4)16(21)9-12/h5-11,22H,1-4H3. The second-order valence-electron chi connectivity index (χ2n) is 6.89. The van der Waals surface area contributed by atoms with Crippen LogP contribution in [0, 0.1) is 0 Å². The number of methoxy groups -OCH3 is 1. The van der Waals surface area contributed by atoms with Gasteiger partial charge in [0.15, 0.2) is 6.29 Å². The Morgan fingerprint density at radius 2 is 1.88 bits per heavy atom. The third-order valence-corrected chi connectivity index (χ3v) is 4.56. The van der Waals surface area contributed by atoms with E-state index in [1.807, 2.05) is 18.2 Å². The molecule has 1 aromatic heterocycles. The van der Waals surface area contributed by atoms with Gasteiger partial charge in [0.2, 0.25) is 0 Å². The first-order chi connectivity index (χ1) is 11.3. The van der Waals surface area contributed by atoms with Crippen molar-refractivity contribution < 1.29 is 9.53 Å². The largest absolute Gasteiger partial charge is 0.495 e. The number of H-pyrrole nitrogens is 1. The van der Waals surface area contributed by atoms with Crippen molar-refractivity contribution in [3.8, 4) is 17.0 Å². The van der Waals surface area contributed by atoms with Crippen molar-refractivity contribution >= 4 is 28.8 Å². The molecule has 0 saturated carbocycles. The van der Waals surface area contributed by atoms with Crippen molar-refractivity contribution in [3.63, 3.8) is 0 Å². The van der Waals surface area contributed by atoms with Gasteiger partial charge in [-0.1, -0.05) is 38.4 Å². The molecule has 0 bridgehead atoms. The Morgan fingerprint density at radius 1 is 1.12 bits per heavy atom. The van der Waals surface area contributed by atoms with Gasteiger partial charge in [0.05, 0.1) is 17.8 Å². The van der Waals surface area contributed by atoms with Gasteiger partial charge in [-0.05, 0) is 41.3 Å². The summed E-state index contributed by atoms with van der Waals surface area (Å²) in [6.45, 7) is 6.47. The summed E-state index contributed by atoms with van der Waals surface area (Å²) in [7, 11) is 1.58. The van der Waals surface area contributed by atoms with E-state index in [2.05, 4.69) is 37.9 Å². The van der Waals surface area contributed by atoms with Gasteiger partial charge in [0.1, 0.15) is 5.75 Å². The number of benzene rings is 2. The molecule has 0 amide bonds. The van der Waals surface area contributed by atoms with Crippen LogP contribution in [-0.4, -0.2) is 18.4 Å². The molecule has 2 aromatic carbocycles. The molecule has 0 spiro atoms. The number of aldehydes is 1. The minimum atomic E-state index is 0.0230. The number of rotatable bonds is 3. The lowest BCUT2D eigenvalue weighted by Gasteiger charge is -2.18. The van der Waals surface area contributed by atoms with Gasteiger partial charge in [-0.3, -0.25) is 4.79 Å². The fraction of sp³-hybridized carbons (Fsp3) is 0.250. The average molecular weight is 342 g/mol. The molecule has 0 radical (unpaired) electrons. The summed E-state index contributed by atoms with van der Waals surface area (Å²) in [5.74, 6) is 0.610. The number of hydrogen-bond donors (Lipinski definition) is 1. The van der Waals surface area contributed by atoms with Gasteiger partial charge in [-0.15, -0.1) is 0 Å². The Morgan fingerprint density at radius 3 is 2.46 bits per heavy atom. The quantitative estimate of drug-likeness (QED) is 0.629. The maximum Gasteiger partial charge on any atom is 0.152 e. The highest BCUT2D eigenvalue weighted by Crippen LogP contribution is 2.35. The summed E-state index contributed by atoms with van der Waals surface area (Å²) in [4.78, 5) is 15.1. The van der Waals surface area contributed by atoms with Crippen LogP contribution in [0.3, 0.4) is 0 Å². The Labute approximate surface area is 146 Å². The summed E-state index contributed by atoms with van der Waals surface area (Å²) in [6, 6.07) is 11.7. The smallest absolute Gasteiger partial charge is 0.152 e. The van der Waals surface area contributed by atoms with E-state index in [1.54, 1.807) is 13.2 Å². The molecule has 1 heterocycles. The molecule has 0 aliphatic heterocycles. The van der Waals surface area contributed by atoms with Crippen molar-refractivity contribution in [1.29, 1.82) is 0 Å². The maximum atomic E-state index is 11.8. The van der Waals surface area contributed by atoms with Crippen LogP contribution in [0.4, 0.5) is 0 Å². The molecule has 24 heavy (non-hydrogen) atoms. The zero-order valence-corrected chi connectivity index (χ0v) is 15.0. The molecular weight excluding hydrogens is 322 g/mol. The monoisotopic (exact) mass is 341 g/mol. The molecule has 0 aliphatic carbocycles. The molecule has 3 aromatic rings. The van der Waals surface area contributed by atoms with Crippen LogP contribution in [0.25, 0.3) is 22.2 Å². The van der Waals surface area contributed by atoms with Gasteiger partial charge in [-0.2, -0.15) is 0 Å². The zero-order valence-electron chi connectivity index (χ0n) is 14.2. The Kier molecular flexibility index (Phi) is 4.14. The first kappa shape index (κ1) is 16.6. The van der Waals surface area contributed by atoms with E-state index in [4.69, 9.17) is 16.3 Å². The van der Waals surface area contributed by atoms with Crippen molar-refractivity contribution in [2.75, 3.05) is 7.11 Å². The first-order valence-corrected chi connectivity index (χ1v) is 8.18. The Hall–Kier alpha value is -2.26. The highest BCUT2D eigenvalue weighted by atomic mass is 35.5. The zero-order chi connectivity index (χ0) is 17.5. The lowest BCUT2D eigenvalue weighted by molar-refractivity contribution is 0.112. The molecule has 1 N–H and O–H groups in total. The SMILES string of the molecule is COc1ccc(-c2[nH]c3ccc(C(C)(C)C)cc3c2C=O)cc1Cl. The summed E-state index contributed by atoms with van der Waals surface area (Å²) in [5.41, 5.74) is 4.43. The molecule has 0 fully saturated rings. The molecule has 3 rings (SSSR count). The summed E-state index contributed by atoms with van der Waals surface area (Å²) < 4.78 is 5.19. The molecule has 4 heteroatoms. The van der Waals surface area contributed by atoms with E-state index in [0.29, 0.717) is 16.3 Å². The minimum absolute atomic E-state index is 0.0230. The van der Waals surface area contributed by atoms with Gasteiger partial charge < -0.3 is 9.72 Å². The Bertz CT molecular complexity index is 919. The van der Waals surface area contributed by atoms with Gasteiger partial charge in [0.25, 0.3) is 0 Å². The van der Waals surface area contributed by atoms with E-state index < -0.39 is 0 Å². The molecule has 3 nitrogen and oxygen atoms in total. The predicted octanol–water partition coefficient (Wildman–Crippen LogP) is 5.61. The topological polar surface area (TPSA) is 42.1 Å². The Balaban J connectivity index is 2.22. The lowest BCUT2D eigenvalue weighted by atomic mass is 9.86. The molecular formula is C20H20ClNO2. The molecule has 0 saturated heterocycles. The minimum Gasteiger partial charge on any atom is -0.495 e. The summed E-state index contributed by atoms with van der Waals surface area (Å²) >= 11 is 6.23. The van der Waals surface area contributed by atoms with E-state index >= 15 is 0 Å². The third kappa shape index (κ3) is 2.80. The number of aromatic amines is 1. The van der Waals surface area contributed by atoms with E-state index in [-0.39, 0.29) is 5.41 Å². The number of halogens is 1. The number of ether oxygens (including phenoxy) is 1. The van der Waals surface area contributed by atoms with Crippen LogP contribution in [-0.2, 0) is 5.41 Å². The normalized spacial score (nSPS) is 11.7. The van der Waals surface area contributed by atoms with Crippen LogP contribution in [0.5, 0.6) is 5.75 Å². The second kappa shape index (κ2) is 5.99. The lowest BCUT2D eigenvalue weighted by Crippen LogP contribution is -2.10. The number of fused-ring (bicyclic) bond motifs is 1. The van der Waals surface area contributed by atoms with Gasteiger partial charge >= 0.3 is 0 Å². The van der Waals surface area contributed by atoms with Crippen LogP contribution in [0.1, 0.15) is 36.7 Å². The number of nitrogens with one attached hydrogen (secondary N) is 1. The van der Waals surface area contributed by atoms with Crippen molar-refractivity contribution in [3.05, 3.63) is 52.5 Å². The van der Waals surface area contributed by atoms with E-state index in [0.717, 1.165) is 28.4 Å².